The van der Waals surface area contributed by atoms with Gasteiger partial charge in [0.2, 0.25) is 5.88 Å². The Morgan fingerprint density at radius 3 is 2.41 bits per heavy atom. The first kappa shape index (κ1) is 24.0. The molecule has 0 amide bonds. The third kappa shape index (κ3) is 4.99. The highest BCUT2D eigenvalue weighted by Crippen LogP contribution is 2.39. The summed E-state index contributed by atoms with van der Waals surface area (Å²) < 4.78 is 45.2. The molecule has 2 N–H and O–H groups in total. The molecule has 0 aliphatic heterocycles. The van der Waals surface area contributed by atoms with Crippen LogP contribution in [0.1, 0.15) is 11.1 Å². The van der Waals surface area contributed by atoms with Gasteiger partial charge in [0.15, 0.2) is 0 Å². The number of rotatable bonds is 6. The monoisotopic (exact) mass is 502 g/mol. The number of halogens is 3. The van der Waals surface area contributed by atoms with Crippen molar-refractivity contribution >= 4 is 28.1 Å². The van der Waals surface area contributed by atoms with E-state index in [0.717, 1.165) is 28.5 Å². The van der Waals surface area contributed by atoms with Gasteiger partial charge in [-0.15, -0.1) is 0 Å². The van der Waals surface area contributed by atoms with Crippen molar-refractivity contribution in [1.82, 2.24) is 19.9 Å². The fraction of sp³-hybridized carbons (Fsp3) is 0.111. The Morgan fingerprint density at radius 2 is 1.65 bits per heavy atom. The summed E-state index contributed by atoms with van der Waals surface area (Å²) in [5.74, 6) is 2.09. The lowest BCUT2D eigenvalue weighted by Gasteiger charge is -2.16. The number of hydrogen-bond acceptors (Lipinski definition) is 7. The van der Waals surface area contributed by atoms with Crippen LogP contribution in [-0.2, 0) is 6.18 Å². The van der Waals surface area contributed by atoms with Gasteiger partial charge in [-0.3, -0.25) is 0 Å². The molecule has 2 aromatic carbocycles. The maximum absolute atomic E-state index is 12.9. The second-order valence-corrected chi connectivity index (χ2v) is 8.16. The van der Waals surface area contributed by atoms with Gasteiger partial charge in [-0.2, -0.15) is 13.2 Å². The maximum atomic E-state index is 12.9. The van der Waals surface area contributed by atoms with Gasteiger partial charge in [0.05, 0.1) is 16.8 Å². The van der Waals surface area contributed by atoms with Crippen molar-refractivity contribution in [3.05, 3.63) is 90.5 Å². The zero-order valence-electron chi connectivity index (χ0n) is 19.8. The van der Waals surface area contributed by atoms with E-state index in [2.05, 4.69) is 30.6 Å². The fourth-order valence-corrected chi connectivity index (χ4v) is 3.86. The molecule has 0 radical (unpaired) electrons. The van der Waals surface area contributed by atoms with Crippen LogP contribution in [0.15, 0.2) is 79.4 Å². The number of anilines is 3. The summed E-state index contributed by atoms with van der Waals surface area (Å²) in [5, 5.41) is 7.61. The SMILES string of the molecule is CNc1cc(-c2cccnc2Oc2c(C)ccc3c(Nc4ccc(C(F)(F)F)cc4)nccc23)ncn1. The van der Waals surface area contributed by atoms with E-state index in [-0.39, 0.29) is 0 Å². The number of nitrogens with zero attached hydrogens (tertiary/aromatic N) is 4. The minimum absolute atomic E-state index is 0.368. The highest BCUT2D eigenvalue weighted by Gasteiger charge is 2.30. The number of aryl methyl sites for hydroxylation is 1. The number of fused-ring (bicyclic) bond motifs is 1. The zero-order chi connectivity index (χ0) is 26.0. The van der Waals surface area contributed by atoms with E-state index in [9.17, 15) is 13.2 Å². The van der Waals surface area contributed by atoms with Crippen LogP contribution in [0, 0.1) is 6.92 Å². The van der Waals surface area contributed by atoms with E-state index in [4.69, 9.17) is 4.74 Å². The summed E-state index contributed by atoms with van der Waals surface area (Å²) in [6, 6.07) is 15.9. The summed E-state index contributed by atoms with van der Waals surface area (Å²) in [6.45, 7) is 1.92. The van der Waals surface area contributed by atoms with Gasteiger partial charge in [-0.1, -0.05) is 12.1 Å². The van der Waals surface area contributed by atoms with Gasteiger partial charge < -0.3 is 15.4 Å². The topological polar surface area (TPSA) is 84.9 Å². The molecule has 10 heteroatoms. The average Bonchev–Trinajstić information content (AvgIpc) is 2.90. The molecular formula is C27H21F3N6O. The predicted octanol–water partition coefficient (Wildman–Crippen LogP) is 6.99. The van der Waals surface area contributed by atoms with Crippen LogP contribution >= 0.6 is 0 Å². The molecule has 0 spiro atoms. The lowest BCUT2D eigenvalue weighted by Crippen LogP contribution is -2.04. The van der Waals surface area contributed by atoms with Crippen molar-refractivity contribution in [3.8, 4) is 22.9 Å². The maximum Gasteiger partial charge on any atom is 0.416 e. The van der Waals surface area contributed by atoms with Gasteiger partial charge in [-0.25, -0.2) is 19.9 Å². The van der Waals surface area contributed by atoms with Crippen LogP contribution in [0.25, 0.3) is 22.0 Å². The van der Waals surface area contributed by atoms with Crippen molar-refractivity contribution in [2.75, 3.05) is 17.7 Å². The molecule has 0 fully saturated rings. The molecule has 7 nitrogen and oxygen atoms in total. The van der Waals surface area contributed by atoms with Gasteiger partial charge >= 0.3 is 6.18 Å². The molecule has 0 unspecified atom stereocenters. The Balaban J connectivity index is 1.52. The van der Waals surface area contributed by atoms with Crippen LogP contribution in [0.2, 0.25) is 0 Å². The molecule has 0 atom stereocenters. The van der Waals surface area contributed by atoms with Crippen molar-refractivity contribution in [3.63, 3.8) is 0 Å². The normalized spacial score (nSPS) is 11.4. The first-order chi connectivity index (χ1) is 17.8. The summed E-state index contributed by atoms with van der Waals surface area (Å²) >= 11 is 0. The zero-order valence-corrected chi connectivity index (χ0v) is 19.8. The Bertz CT molecular complexity index is 1570. The predicted molar refractivity (Wildman–Crippen MR) is 136 cm³/mol. The third-order valence-corrected chi connectivity index (χ3v) is 5.74. The van der Waals surface area contributed by atoms with Crippen LogP contribution in [-0.4, -0.2) is 27.0 Å². The van der Waals surface area contributed by atoms with Crippen LogP contribution in [0.5, 0.6) is 11.6 Å². The smallest absolute Gasteiger partial charge is 0.416 e. The Morgan fingerprint density at radius 1 is 0.838 bits per heavy atom. The quantitative estimate of drug-likeness (QED) is 0.259. The lowest BCUT2D eigenvalue weighted by molar-refractivity contribution is -0.137. The lowest BCUT2D eigenvalue weighted by atomic mass is 10.1. The number of nitrogens with one attached hydrogen (secondary N) is 2. The Hall–Kier alpha value is -4.73. The number of pyridine rings is 2. The van der Waals surface area contributed by atoms with E-state index in [1.807, 2.05) is 31.2 Å². The van der Waals surface area contributed by atoms with Crippen molar-refractivity contribution < 1.29 is 17.9 Å². The third-order valence-electron chi connectivity index (χ3n) is 5.74. The molecule has 5 rings (SSSR count). The number of ether oxygens (including phenoxy) is 1. The van der Waals surface area contributed by atoms with Crippen LogP contribution in [0.3, 0.4) is 0 Å². The van der Waals surface area contributed by atoms with E-state index in [0.29, 0.717) is 40.2 Å². The summed E-state index contributed by atoms with van der Waals surface area (Å²) in [7, 11) is 1.77. The molecule has 3 heterocycles. The van der Waals surface area contributed by atoms with Crippen molar-refractivity contribution in [2.45, 2.75) is 13.1 Å². The van der Waals surface area contributed by atoms with E-state index >= 15 is 0 Å². The largest absolute Gasteiger partial charge is 0.437 e. The molecular weight excluding hydrogens is 481 g/mol. The average molecular weight is 503 g/mol. The highest BCUT2D eigenvalue weighted by molar-refractivity contribution is 5.98. The molecule has 186 valence electrons. The van der Waals surface area contributed by atoms with Gasteiger partial charge in [0, 0.05) is 42.0 Å². The van der Waals surface area contributed by atoms with Crippen molar-refractivity contribution in [2.24, 2.45) is 0 Å². The second kappa shape index (κ2) is 9.73. The van der Waals surface area contributed by atoms with Gasteiger partial charge in [0.25, 0.3) is 0 Å². The van der Waals surface area contributed by atoms with E-state index in [1.54, 1.807) is 31.6 Å². The fourth-order valence-electron chi connectivity index (χ4n) is 3.86. The Labute approximate surface area is 210 Å². The summed E-state index contributed by atoms with van der Waals surface area (Å²) in [4.78, 5) is 17.4. The molecule has 0 saturated carbocycles. The number of hydrogen-bond donors (Lipinski definition) is 2. The molecule has 0 aliphatic rings. The molecule has 3 aromatic heterocycles. The molecule has 37 heavy (non-hydrogen) atoms. The van der Waals surface area contributed by atoms with Crippen LogP contribution in [0.4, 0.5) is 30.5 Å². The van der Waals surface area contributed by atoms with E-state index in [1.165, 1.54) is 18.5 Å². The minimum atomic E-state index is -4.40. The van der Waals surface area contributed by atoms with Gasteiger partial charge in [0.1, 0.15) is 23.7 Å². The summed E-state index contributed by atoms with van der Waals surface area (Å²) in [5.41, 5.74) is 1.97. The molecule has 5 aromatic rings. The highest BCUT2D eigenvalue weighted by atomic mass is 19.4. The molecule has 0 bridgehead atoms. The van der Waals surface area contributed by atoms with Crippen molar-refractivity contribution in [1.29, 1.82) is 0 Å². The first-order valence-corrected chi connectivity index (χ1v) is 11.3. The van der Waals surface area contributed by atoms with Crippen LogP contribution < -0.4 is 15.4 Å². The standard InChI is InChI=1S/C27H21F3N6O/c1-16-5-10-20-19(11-13-32-25(20)36-18-8-6-17(7-9-18)27(28,29)30)24(16)37-26-21(4-3-12-33-26)22-14-23(31-2)35-15-34-22/h3-15H,1-2H3,(H,32,36)(H,31,34,35). The first-order valence-electron chi connectivity index (χ1n) is 11.3. The minimum Gasteiger partial charge on any atom is -0.437 e. The molecule has 0 aliphatic carbocycles. The molecule has 0 saturated heterocycles. The second-order valence-electron chi connectivity index (χ2n) is 8.16. The summed E-state index contributed by atoms with van der Waals surface area (Å²) in [6.07, 6.45) is 0.319. The van der Waals surface area contributed by atoms with E-state index < -0.39 is 11.7 Å². The number of alkyl halides is 3. The number of benzene rings is 2. The number of aromatic nitrogens is 4. The van der Waals surface area contributed by atoms with Gasteiger partial charge in [-0.05, 0) is 55.0 Å². The Kier molecular flexibility index (Phi) is 6.31.